The van der Waals surface area contributed by atoms with E-state index in [1.54, 1.807) is 61.8 Å². The lowest BCUT2D eigenvalue weighted by molar-refractivity contribution is -0.111. The highest BCUT2D eigenvalue weighted by atomic mass is 35.5. The second-order valence-electron chi connectivity index (χ2n) is 9.83. The number of ether oxygens (including phenoxy) is 1. The topological polar surface area (TPSA) is 113 Å². The number of carbonyl (C=O) groups excluding carboxylic acids is 2. The molecule has 43 heavy (non-hydrogen) atoms. The molecule has 2 amide bonds. The lowest BCUT2D eigenvalue weighted by Gasteiger charge is -2.12. The molecule has 0 saturated heterocycles. The van der Waals surface area contributed by atoms with E-state index < -0.39 is 0 Å². The van der Waals surface area contributed by atoms with Gasteiger partial charge in [0.1, 0.15) is 11.6 Å². The van der Waals surface area contributed by atoms with E-state index >= 15 is 0 Å². The van der Waals surface area contributed by atoms with Crippen molar-refractivity contribution in [2.45, 2.75) is 0 Å². The van der Waals surface area contributed by atoms with Gasteiger partial charge in [-0.15, -0.1) is 0 Å². The van der Waals surface area contributed by atoms with Crippen molar-refractivity contribution in [3.63, 3.8) is 0 Å². The van der Waals surface area contributed by atoms with Crippen molar-refractivity contribution in [2.24, 2.45) is 0 Å². The highest BCUT2D eigenvalue weighted by molar-refractivity contribution is 6.34. The number of rotatable bonds is 10. The van der Waals surface area contributed by atoms with Crippen LogP contribution in [0.1, 0.15) is 10.4 Å². The maximum Gasteiger partial charge on any atom is 0.255 e. The molecule has 0 unspecified atom stereocenters. The number of anilines is 4. The second kappa shape index (κ2) is 13.2. The Morgan fingerprint density at radius 1 is 1.00 bits per heavy atom. The molecule has 0 aliphatic carbocycles. The van der Waals surface area contributed by atoms with Crippen LogP contribution in [-0.4, -0.2) is 59.0 Å². The third-order valence-electron chi connectivity index (χ3n) is 6.40. The van der Waals surface area contributed by atoms with Gasteiger partial charge in [0.05, 0.1) is 23.3 Å². The van der Waals surface area contributed by atoms with E-state index in [-0.39, 0.29) is 11.8 Å². The smallest absolute Gasteiger partial charge is 0.255 e. The maximum atomic E-state index is 13.1. The molecule has 2 aromatic heterocycles. The SMILES string of the molecule is COc1cccc2c1ccn2-c1ccnc(Nc2ccc(Cl)c(NC(=O)c3cccc(NC(=O)/C=C/CN(C)C)c3)c2)n1. The number of aromatic nitrogens is 3. The van der Waals surface area contributed by atoms with Gasteiger partial charge in [-0.25, -0.2) is 4.98 Å². The van der Waals surface area contributed by atoms with Gasteiger partial charge >= 0.3 is 0 Å². The Labute approximate surface area is 254 Å². The molecule has 0 bridgehead atoms. The van der Waals surface area contributed by atoms with E-state index in [9.17, 15) is 9.59 Å². The second-order valence-corrected chi connectivity index (χ2v) is 10.2. The number of halogens is 1. The van der Waals surface area contributed by atoms with Gasteiger partial charge in [-0.2, -0.15) is 4.98 Å². The van der Waals surface area contributed by atoms with Crippen LogP contribution in [0.3, 0.4) is 0 Å². The average molecular weight is 596 g/mol. The molecule has 3 N–H and O–H groups in total. The van der Waals surface area contributed by atoms with Gasteiger partial charge in [-0.3, -0.25) is 9.59 Å². The Balaban J connectivity index is 1.29. The number of methoxy groups -OCH3 is 1. The number of amides is 2. The van der Waals surface area contributed by atoms with Crippen LogP contribution in [0.25, 0.3) is 16.7 Å². The predicted octanol–water partition coefficient (Wildman–Crippen LogP) is 6.13. The Bertz CT molecular complexity index is 1820. The summed E-state index contributed by atoms with van der Waals surface area (Å²) in [6, 6.07) is 21.4. The lowest BCUT2D eigenvalue weighted by atomic mass is 10.1. The van der Waals surface area contributed by atoms with Crippen LogP contribution >= 0.6 is 11.6 Å². The minimum absolute atomic E-state index is 0.280. The molecule has 11 heteroatoms. The van der Waals surface area contributed by atoms with Crippen molar-refractivity contribution in [1.29, 1.82) is 0 Å². The zero-order valence-corrected chi connectivity index (χ0v) is 24.6. The van der Waals surface area contributed by atoms with E-state index in [4.69, 9.17) is 16.3 Å². The van der Waals surface area contributed by atoms with Gasteiger partial charge in [0, 0.05) is 47.3 Å². The van der Waals surface area contributed by atoms with Gasteiger partial charge in [0.15, 0.2) is 0 Å². The molecule has 5 rings (SSSR count). The first-order valence-electron chi connectivity index (χ1n) is 13.4. The van der Waals surface area contributed by atoms with Crippen LogP contribution in [0.2, 0.25) is 5.02 Å². The van der Waals surface area contributed by atoms with Gasteiger partial charge in [0.2, 0.25) is 11.9 Å². The quantitative estimate of drug-likeness (QED) is 0.166. The van der Waals surface area contributed by atoms with Crippen molar-refractivity contribution in [2.75, 3.05) is 43.7 Å². The lowest BCUT2D eigenvalue weighted by Crippen LogP contribution is -2.14. The van der Waals surface area contributed by atoms with E-state index in [0.717, 1.165) is 16.7 Å². The molecule has 218 valence electrons. The number of likely N-dealkylation sites (N-methyl/N-ethyl adjacent to an activating group) is 1. The standard InChI is InChI=1S/C32H30ClN7O3/c1-39(2)17-6-11-30(41)35-22-8-4-7-21(19-22)31(42)37-26-20-23(12-13-25(26)33)36-32-34-16-14-29(38-32)40-18-15-24-27(40)9-5-10-28(24)43-3/h4-16,18-20H,17H2,1-3H3,(H,35,41)(H,37,42)(H,34,36,38)/b11-6+. The summed E-state index contributed by atoms with van der Waals surface area (Å²) in [6.45, 7) is 0.641. The Kier molecular flexibility index (Phi) is 8.99. The first-order chi connectivity index (χ1) is 20.8. The largest absolute Gasteiger partial charge is 0.496 e. The number of fused-ring (bicyclic) bond motifs is 1. The highest BCUT2D eigenvalue weighted by Crippen LogP contribution is 2.30. The molecule has 0 saturated carbocycles. The molecule has 0 radical (unpaired) electrons. The third kappa shape index (κ3) is 7.18. The van der Waals surface area contributed by atoms with Crippen LogP contribution in [0.15, 0.2) is 97.3 Å². The summed E-state index contributed by atoms with van der Waals surface area (Å²) in [6.07, 6.45) is 6.81. The van der Waals surface area contributed by atoms with Crippen molar-refractivity contribution >= 4 is 57.3 Å². The first-order valence-corrected chi connectivity index (χ1v) is 13.8. The summed E-state index contributed by atoms with van der Waals surface area (Å²) in [5.74, 6) is 1.15. The van der Waals surface area contributed by atoms with Gasteiger partial charge in [0.25, 0.3) is 5.91 Å². The van der Waals surface area contributed by atoms with Crippen LogP contribution in [0, 0.1) is 0 Å². The third-order valence-corrected chi connectivity index (χ3v) is 6.73. The van der Waals surface area contributed by atoms with Gasteiger partial charge in [-0.05, 0) is 74.8 Å². The minimum atomic E-state index is -0.383. The maximum absolute atomic E-state index is 13.1. The molecular weight excluding hydrogens is 566 g/mol. The van der Waals surface area contributed by atoms with Crippen LogP contribution < -0.4 is 20.7 Å². The molecule has 0 spiro atoms. The van der Waals surface area contributed by atoms with E-state index in [0.29, 0.717) is 46.0 Å². The normalized spacial score (nSPS) is 11.2. The zero-order chi connectivity index (χ0) is 30.3. The average Bonchev–Trinajstić information content (AvgIpc) is 3.43. The van der Waals surface area contributed by atoms with Crippen molar-refractivity contribution in [3.8, 4) is 11.6 Å². The summed E-state index contributed by atoms with van der Waals surface area (Å²) in [4.78, 5) is 36.3. The number of nitrogens with one attached hydrogen (secondary N) is 3. The minimum Gasteiger partial charge on any atom is -0.496 e. The molecule has 0 aliphatic rings. The van der Waals surface area contributed by atoms with Crippen molar-refractivity contribution in [3.05, 3.63) is 108 Å². The van der Waals surface area contributed by atoms with Crippen molar-refractivity contribution in [1.82, 2.24) is 19.4 Å². The summed E-state index contributed by atoms with van der Waals surface area (Å²) in [7, 11) is 5.47. The molecule has 5 aromatic rings. The van der Waals surface area contributed by atoms with Gasteiger partial charge in [-0.1, -0.05) is 29.8 Å². The molecule has 10 nitrogen and oxygen atoms in total. The highest BCUT2D eigenvalue weighted by Gasteiger charge is 2.13. The summed E-state index contributed by atoms with van der Waals surface area (Å²) >= 11 is 6.42. The monoisotopic (exact) mass is 595 g/mol. The van der Waals surface area contributed by atoms with Crippen LogP contribution in [-0.2, 0) is 4.79 Å². The number of carbonyl (C=O) groups is 2. The first kappa shape index (κ1) is 29.3. The number of nitrogens with zero attached hydrogens (tertiary/aromatic N) is 4. The molecule has 0 aliphatic heterocycles. The fraction of sp³-hybridized carbons (Fsp3) is 0.125. The molecular formula is C32H30ClN7O3. The number of hydrogen-bond acceptors (Lipinski definition) is 7. The summed E-state index contributed by atoms with van der Waals surface area (Å²) < 4.78 is 7.43. The number of hydrogen-bond donors (Lipinski definition) is 3. The van der Waals surface area contributed by atoms with Gasteiger partial charge < -0.3 is 30.2 Å². The summed E-state index contributed by atoms with van der Waals surface area (Å²) in [5.41, 5.74) is 2.83. The molecule has 0 fully saturated rings. The Morgan fingerprint density at radius 3 is 2.65 bits per heavy atom. The van der Waals surface area contributed by atoms with E-state index in [1.807, 2.05) is 60.1 Å². The van der Waals surface area contributed by atoms with Crippen molar-refractivity contribution < 1.29 is 14.3 Å². The Hall–Kier alpha value is -5.19. The number of benzene rings is 3. The molecule has 3 aromatic carbocycles. The molecule has 0 atom stereocenters. The fourth-order valence-electron chi connectivity index (χ4n) is 4.38. The fourth-order valence-corrected chi connectivity index (χ4v) is 4.54. The summed E-state index contributed by atoms with van der Waals surface area (Å²) in [5, 5.41) is 10.1. The predicted molar refractivity (Wildman–Crippen MR) is 171 cm³/mol. The van der Waals surface area contributed by atoms with Crippen LogP contribution in [0.5, 0.6) is 5.75 Å². The van der Waals surface area contributed by atoms with Crippen LogP contribution in [0.4, 0.5) is 23.0 Å². The van der Waals surface area contributed by atoms with E-state index in [2.05, 4.69) is 25.9 Å². The molecule has 2 heterocycles. The van der Waals surface area contributed by atoms with E-state index in [1.165, 1.54) is 6.08 Å². The Morgan fingerprint density at radius 2 is 1.84 bits per heavy atom. The zero-order valence-electron chi connectivity index (χ0n) is 23.8.